The number of carbonyl (C=O) groups excluding carboxylic acids is 1. The number of nitrogens with one attached hydrogen (secondary N) is 1. The first-order valence-electron chi connectivity index (χ1n) is 4.62. The van der Waals surface area contributed by atoms with Crippen molar-refractivity contribution < 1.29 is 4.79 Å². The third-order valence-electron chi connectivity index (χ3n) is 1.60. The van der Waals surface area contributed by atoms with Gasteiger partial charge in [-0.2, -0.15) is 17.0 Å². The normalized spacial score (nSPS) is 11.8. The van der Waals surface area contributed by atoms with Crippen LogP contribution in [0, 0.1) is 17.2 Å². The zero-order valence-corrected chi connectivity index (χ0v) is 9.27. The second kappa shape index (κ2) is 8.85. The van der Waals surface area contributed by atoms with Gasteiger partial charge in [-0.25, -0.2) is 0 Å². The summed E-state index contributed by atoms with van der Waals surface area (Å²) in [5, 5.41) is 10.9. The van der Waals surface area contributed by atoms with Gasteiger partial charge < -0.3 is 11.1 Å². The first-order chi connectivity index (χ1) is 6.70. The quantitative estimate of drug-likeness (QED) is 0.600. The number of hydrogen-bond acceptors (Lipinski definition) is 4. The summed E-state index contributed by atoms with van der Waals surface area (Å²) in [5.41, 5.74) is 5.44. The second-order valence-electron chi connectivity index (χ2n) is 3.11. The topological polar surface area (TPSA) is 78.9 Å². The Morgan fingerprint density at radius 3 is 3.00 bits per heavy atom. The maximum absolute atomic E-state index is 11.1. The molecule has 4 nitrogen and oxygen atoms in total. The number of nitrogens with zero attached hydrogens (tertiary/aromatic N) is 1. The van der Waals surface area contributed by atoms with Crippen molar-refractivity contribution in [1.29, 1.82) is 5.26 Å². The van der Waals surface area contributed by atoms with Crippen LogP contribution in [-0.4, -0.2) is 30.5 Å². The second-order valence-corrected chi connectivity index (χ2v) is 4.14. The molecule has 14 heavy (non-hydrogen) atoms. The Kier molecular flexibility index (Phi) is 8.39. The summed E-state index contributed by atoms with van der Waals surface area (Å²) in [6.45, 7) is 3.16. The summed E-state index contributed by atoms with van der Waals surface area (Å²) < 4.78 is 0. The molecule has 0 bridgehead atoms. The molecule has 1 unspecified atom stereocenters. The van der Waals surface area contributed by atoms with Gasteiger partial charge in [-0.3, -0.25) is 4.79 Å². The van der Waals surface area contributed by atoms with E-state index in [1.165, 1.54) is 0 Å². The van der Waals surface area contributed by atoms with E-state index in [-0.39, 0.29) is 5.91 Å². The van der Waals surface area contributed by atoms with Gasteiger partial charge >= 0.3 is 0 Å². The van der Waals surface area contributed by atoms with E-state index in [0.717, 1.165) is 5.75 Å². The molecule has 0 aliphatic rings. The molecule has 0 aromatic carbocycles. The van der Waals surface area contributed by atoms with Crippen LogP contribution in [0.15, 0.2) is 0 Å². The Morgan fingerprint density at radius 1 is 1.71 bits per heavy atom. The SMILES string of the molecule is CC(CN)CSCC(=O)NCCC#N. The zero-order valence-electron chi connectivity index (χ0n) is 8.45. The summed E-state index contributed by atoms with van der Waals surface area (Å²) in [6.07, 6.45) is 0.371. The van der Waals surface area contributed by atoms with Crippen molar-refractivity contribution >= 4 is 17.7 Å². The minimum Gasteiger partial charge on any atom is -0.354 e. The fourth-order valence-electron chi connectivity index (χ4n) is 0.730. The number of thioether (sulfide) groups is 1. The fourth-order valence-corrected chi connectivity index (χ4v) is 1.67. The van der Waals surface area contributed by atoms with Crippen LogP contribution in [0.4, 0.5) is 0 Å². The Hall–Kier alpha value is -0.730. The number of rotatable bonds is 7. The smallest absolute Gasteiger partial charge is 0.230 e. The molecule has 0 saturated carbocycles. The summed E-state index contributed by atoms with van der Waals surface area (Å²) in [5.74, 6) is 1.80. The predicted molar refractivity (Wildman–Crippen MR) is 58.8 cm³/mol. The molecule has 0 aliphatic carbocycles. The highest BCUT2D eigenvalue weighted by Gasteiger charge is 2.03. The Bertz CT molecular complexity index is 203. The fraction of sp³-hybridized carbons (Fsp3) is 0.778. The third-order valence-corrected chi connectivity index (χ3v) is 2.87. The van der Waals surface area contributed by atoms with E-state index in [4.69, 9.17) is 11.0 Å². The van der Waals surface area contributed by atoms with Gasteiger partial charge in [0.1, 0.15) is 0 Å². The van der Waals surface area contributed by atoms with Crippen LogP contribution in [0.25, 0.3) is 0 Å². The van der Waals surface area contributed by atoms with Gasteiger partial charge in [-0.1, -0.05) is 6.92 Å². The molecule has 3 N–H and O–H groups in total. The number of nitrogens with two attached hydrogens (primary N) is 1. The molecule has 0 aromatic rings. The molecule has 0 aromatic heterocycles. The van der Waals surface area contributed by atoms with E-state index in [1.807, 2.05) is 6.07 Å². The monoisotopic (exact) mass is 215 g/mol. The predicted octanol–water partition coefficient (Wildman–Crippen LogP) is 0.344. The number of hydrogen-bond donors (Lipinski definition) is 2. The van der Waals surface area contributed by atoms with Gasteiger partial charge in [0.05, 0.1) is 18.2 Å². The van der Waals surface area contributed by atoms with Crippen LogP contribution in [0.1, 0.15) is 13.3 Å². The van der Waals surface area contributed by atoms with Crippen molar-refractivity contribution in [3.05, 3.63) is 0 Å². The average molecular weight is 215 g/mol. The largest absolute Gasteiger partial charge is 0.354 e. The van der Waals surface area contributed by atoms with Crippen molar-refractivity contribution in [2.45, 2.75) is 13.3 Å². The molecule has 1 amide bonds. The Morgan fingerprint density at radius 2 is 2.43 bits per heavy atom. The third kappa shape index (κ3) is 7.90. The van der Waals surface area contributed by atoms with Crippen LogP contribution < -0.4 is 11.1 Å². The lowest BCUT2D eigenvalue weighted by Crippen LogP contribution is -2.26. The van der Waals surface area contributed by atoms with Gasteiger partial charge in [-0.15, -0.1) is 0 Å². The molecule has 0 fully saturated rings. The minimum atomic E-state index is -0.00512. The van der Waals surface area contributed by atoms with Crippen LogP contribution >= 0.6 is 11.8 Å². The van der Waals surface area contributed by atoms with Crippen molar-refractivity contribution in [3.63, 3.8) is 0 Å². The molecule has 0 heterocycles. The summed E-state index contributed by atoms with van der Waals surface area (Å²) in [4.78, 5) is 11.1. The van der Waals surface area contributed by atoms with Crippen molar-refractivity contribution in [1.82, 2.24) is 5.32 Å². The maximum atomic E-state index is 11.1. The number of carbonyl (C=O) groups is 1. The van der Waals surface area contributed by atoms with E-state index in [1.54, 1.807) is 11.8 Å². The van der Waals surface area contributed by atoms with Crippen molar-refractivity contribution in [2.24, 2.45) is 11.7 Å². The highest BCUT2D eigenvalue weighted by Crippen LogP contribution is 2.06. The van der Waals surface area contributed by atoms with Crippen LogP contribution in [0.3, 0.4) is 0 Å². The lowest BCUT2D eigenvalue weighted by Gasteiger charge is -2.07. The van der Waals surface area contributed by atoms with Crippen LogP contribution in [0.5, 0.6) is 0 Å². The molecular formula is C9H17N3OS. The minimum absolute atomic E-state index is 0.00512. The van der Waals surface area contributed by atoms with Crippen LogP contribution in [-0.2, 0) is 4.79 Å². The lowest BCUT2D eigenvalue weighted by atomic mass is 10.2. The lowest BCUT2D eigenvalue weighted by molar-refractivity contribution is -0.118. The first kappa shape index (κ1) is 13.3. The van der Waals surface area contributed by atoms with Gasteiger partial charge in [0.15, 0.2) is 0 Å². The molecular weight excluding hydrogens is 198 g/mol. The van der Waals surface area contributed by atoms with Crippen LogP contribution in [0.2, 0.25) is 0 Å². The van der Waals surface area contributed by atoms with Crippen molar-refractivity contribution in [3.8, 4) is 6.07 Å². The Balaban J connectivity index is 3.32. The first-order valence-corrected chi connectivity index (χ1v) is 5.77. The standard InChI is InChI=1S/C9H17N3OS/c1-8(5-11)6-14-7-9(13)12-4-2-3-10/h8H,2,4-7,11H2,1H3,(H,12,13). The molecule has 5 heteroatoms. The molecule has 0 aliphatic heterocycles. The molecule has 0 spiro atoms. The summed E-state index contributed by atoms with van der Waals surface area (Å²) in [6, 6.07) is 1.97. The van der Waals surface area contributed by atoms with E-state index < -0.39 is 0 Å². The molecule has 0 rings (SSSR count). The van der Waals surface area contributed by atoms with Gasteiger partial charge in [0.2, 0.25) is 5.91 Å². The van der Waals surface area contributed by atoms with Gasteiger partial charge in [-0.05, 0) is 18.2 Å². The van der Waals surface area contributed by atoms with E-state index >= 15 is 0 Å². The number of nitriles is 1. The van der Waals surface area contributed by atoms with Crippen molar-refractivity contribution in [2.75, 3.05) is 24.6 Å². The number of amides is 1. The van der Waals surface area contributed by atoms with E-state index in [9.17, 15) is 4.79 Å². The maximum Gasteiger partial charge on any atom is 0.230 e. The molecule has 1 atom stereocenters. The highest BCUT2D eigenvalue weighted by molar-refractivity contribution is 7.99. The highest BCUT2D eigenvalue weighted by atomic mass is 32.2. The Labute approximate surface area is 89.2 Å². The summed E-state index contributed by atoms with van der Waals surface area (Å²) >= 11 is 1.58. The zero-order chi connectivity index (χ0) is 10.8. The molecule has 0 saturated heterocycles. The molecule has 0 radical (unpaired) electrons. The summed E-state index contributed by atoms with van der Waals surface area (Å²) in [7, 11) is 0. The van der Waals surface area contributed by atoms with Gasteiger partial charge in [0, 0.05) is 6.54 Å². The van der Waals surface area contributed by atoms with E-state index in [0.29, 0.717) is 31.2 Å². The van der Waals surface area contributed by atoms with E-state index in [2.05, 4.69) is 12.2 Å². The van der Waals surface area contributed by atoms with Gasteiger partial charge in [0.25, 0.3) is 0 Å². The average Bonchev–Trinajstić information content (AvgIpc) is 2.18. The molecule has 80 valence electrons.